The van der Waals surface area contributed by atoms with E-state index in [0.29, 0.717) is 30.3 Å². The molecule has 0 saturated heterocycles. The molecule has 0 aliphatic heterocycles. The quantitative estimate of drug-likeness (QED) is 0.830. The molecule has 0 spiro atoms. The van der Waals surface area contributed by atoms with Crippen molar-refractivity contribution in [1.29, 1.82) is 5.26 Å². The highest BCUT2D eigenvalue weighted by Gasteiger charge is 2.13. The highest BCUT2D eigenvalue weighted by molar-refractivity contribution is 5.95. The van der Waals surface area contributed by atoms with Crippen molar-refractivity contribution in [1.82, 2.24) is 5.32 Å². The summed E-state index contributed by atoms with van der Waals surface area (Å²) in [5.41, 5.74) is 0.488. The molecule has 20 heavy (non-hydrogen) atoms. The van der Waals surface area contributed by atoms with Crippen molar-refractivity contribution in [3.63, 3.8) is 0 Å². The fraction of sp³-hybridized carbons (Fsp3) is 0.467. The monoisotopic (exact) mass is 276 g/mol. The SMILES string of the molecule is CCOc1ccc(C(=O)N[C@@H](C)CC#N)cc1OCC. The summed E-state index contributed by atoms with van der Waals surface area (Å²) < 4.78 is 10.9. The number of nitrogens with one attached hydrogen (secondary N) is 1. The van der Waals surface area contributed by atoms with Crippen LogP contribution in [0.25, 0.3) is 0 Å². The number of ether oxygens (including phenoxy) is 2. The van der Waals surface area contributed by atoms with Gasteiger partial charge in [-0.25, -0.2) is 0 Å². The Balaban J connectivity index is 2.87. The molecular formula is C15H20N2O3. The van der Waals surface area contributed by atoms with Crippen molar-refractivity contribution in [2.24, 2.45) is 0 Å². The molecule has 0 heterocycles. The highest BCUT2D eigenvalue weighted by atomic mass is 16.5. The number of carbonyl (C=O) groups excluding carboxylic acids is 1. The second-order valence-corrected chi connectivity index (χ2v) is 4.26. The minimum Gasteiger partial charge on any atom is -0.490 e. The van der Waals surface area contributed by atoms with Crippen LogP contribution >= 0.6 is 0 Å². The summed E-state index contributed by atoms with van der Waals surface area (Å²) in [6, 6.07) is 6.90. The Hall–Kier alpha value is -2.22. The van der Waals surface area contributed by atoms with E-state index >= 15 is 0 Å². The lowest BCUT2D eigenvalue weighted by atomic mass is 10.1. The Bertz CT molecular complexity index is 494. The van der Waals surface area contributed by atoms with Crippen molar-refractivity contribution >= 4 is 5.91 Å². The summed E-state index contributed by atoms with van der Waals surface area (Å²) in [5, 5.41) is 11.4. The van der Waals surface area contributed by atoms with Gasteiger partial charge in [0, 0.05) is 11.6 Å². The summed E-state index contributed by atoms with van der Waals surface area (Å²) in [6.07, 6.45) is 0.279. The maximum Gasteiger partial charge on any atom is 0.251 e. The Kier molecular flexibility index (Phi) is 6.38. The van der Waals surface area contributed by atoms with Crippen LogP contribution in [-0.2, 0) is 0 Å². The molecule has 0 saturated carbocycles. The Morgan fingerprint density at radius 1 is 1.30 bits per heavy atom. The number of rotatable bonds is 7. The Morgan fingerprint density at radius 3 is 2.55 bits per heavy atom. The smallest absolute Gasteiger partial charge is 0.251 e. The van der Waals surface area contributed by atoms with Crippen LogP contribution in [-0.4, -0.2) is 25.2 Å². The molecule has 0 aromatic heterocycles. The molecule has 0 radical (unpaired) electrons. The van der Waals surface area contributed by atoms with Crippen LogP contribution in [0.1, 0.15) is 37.6 Å². The third-order valence-electron chi connectivity index (χ3n) is 2.58. The zero-order chi connectivity index (χ0) is 15.0. The normalized spacial score (nSPS) is 11.3. The number of benzene rings is 1. The molecule has 1 atom stereocenters. The van der Waals surface area contributed by atoms with E-state index in [1.54, 1.807) is 25.1 Å². The van der Waals surface area contributed by atoms with E-state index in [1.165, 1.54) is 0 Å². The second-order valence-electron chi connectivity index (χ2n) is 4.26. The first-order valence-electron chi connectivity index (χ1n) is 6.69. The van der Waals surface area contributed by atoms with Crippen molar-refractivity contribution in [2.75, 3.05) is 13.2 Å². The van der Waals surface area contributed by atoms with Crippen LogP contribution in [0.3, 0.4) is 0 Å². The summed E-state index contributed by atoms with van der Waals surface area (Å²) >= 11 is 0. The van der Waals surface area contributed by atoms with Crippen LogP contribution in [0.4, 0.5) is 0 Å². The van der Waals surface area contributed by atoms with Crippen molar-refractivity contribution in [3.05, 3.63) is 23.8 Å². The van der Waals surface area contributed by atoms with Crippen molar-refractivity contribution in [3.8, 4) is 17.6 Å². The molecule has 0 fully saturated rings. The minimum atomic E-state index is -0.225. The lowest BCUT2D eigenvalue weighted by molar-refractivity contribution is 0.0940. The standard InChI is InChI=1S/C15H20N2O3/c1-4-19-13-7-6-12(10-14(13)20-5-2)15(18)17-11(3)8-9-16/h6-7,10-11H,4-5,8H2,1-3H3,(H,17,18)/t11-/m0/s1. The van der Waals surface area contributed by atoms with Gasteiger partial charge in [-0.3, -0.25) is 4.79 Å². The van der Waals surface area contributed by atoms with Crippen molar-refractivity contribution < 1.29 is 14.3 Å². The third-order valence-corrected chi connectivity index (χ3v) is 2.58. The highest BCUT2D eigenvalue weighted by Crippen LogP contribution is 2.28. The molecule has 1 aromatic rings. The molecule has 5 nitrogen and oxygen atoms in total. The molecule has 0 aliphatic carbocycles. The first-order chi connectivity index (χ1) is 9.62. The number of hydrogen-bond acceptors (Lipinski definition) is 4. The molecule has 1 amide bonds. The van der Waals surface area contributed by atoms with Gasteiger partial charge < -0.3 is 14.8 Å². The predicted octanol–water partition coefficient (Wildman–Crippen LogP) is 2.52. The first kappa shape index (κ1) is 15.8. The minimum absolute atomic E-state index is 0.186. The predicted molar refractivity (Wildman–Crippen MR) is 75.9 cm³/mol. The van der Waals surface area contributed by atoms with Gasteiger partial charge in [0.1, 0.15) is 0 Å². The fourth-order valence-electron chi connectivity index (χ4n) is 1.69. The molecule has 0 unspecified atom stereocenters. The molecule has 108 valence electrons. The van der Waals surface area contributed by atoms with Crippen LogP contribution in [0.5, 0.6) is 11.5 Å². The zero-order valence-electron chi connectivity index (χ0n) is 12.1. The van der Waals surface area contributed by atoms with E-state index in [2.05, 4.69) is 5.32 Å². The van der Waals surface area contributed by atoms with Gasteiger partial charge in [-0.1, -0.05) is 0 Å². The lowest BCUT2D eigenvalue weighted by Gasteiger charge is -2.14. The summed E-state index contributed by atoms with van der Waals surface area (Å²) in [7, 11) is 0. The number of carbonyl (C=O) groups is 1. The largest absolute Gasteiger partial charge is 0.490 e. The summed E-state index contributed by atoms with van der Waals surface area (Å²) in [4.78, 5) is 12.0. The van der Waals surface area contributed by atoms with Gasteiger partial charge in [-0.2, -0.15) is 5.26 Å². The van der Waals surface area contributed by atoms with E-state index < -0.39 is 0 Å². The number of hydrogen-bond donors (Lipinski definition) is 1. The van der Waals surface area contributed by atoms with Gasteiger partial charge >= 0.3 is 0 Å². The third kappa shape index (κ3) is 4.47. The molecule has 5 heteroatoms. The number of amides is 1. The Morgan fingerprint density at radius 2 is 1.95 bits per heavy atom. The second kappa shape index (κ2) is 8.05. The fourth-order valence-corrected chi connectivity index (χ4v) is 1.69. The van der Waals surface area contributed by atoms with Gasteiger partial charge in [0.25, 0.3) is 5.91 Å². The van der Waals surface area contributed by atoms with Gasteiger partial charge in [-0.15, -0.1) is 0 Å². The van der Waals surface area contributed by atoms with Gasteiger partial charge in [0.2, 0.25) is 0 Å². The van der Waals surface area contributed by atoms with Crippen LogP contribution in [0, 0.1) is 11.3 Å². The van der Waals surface area contributed by atoms with Gasteiger partial charge in [0.15, 0.2) is 11.5 Å². The number of nitrogens with zero attached hydrogens (tertiary/aromatic N) is 1. The first-order valence-corrected chi connectivity index (χ1v) is 6.69. The van der Waals surface area contributed by atoms with Crippen LogP contribution < -0.4 is 14.8 Å². The molecule has 0 bridgehead atoms. The lowest BCUT2D eigenvalue weighted by Crippen LogP contribution is -2.32. The molecular weight excluding hydrogens is 256 g/mol. The van der Waals surface area contributed by atoms with Gasteiger partial charge in [-0.05, 0) is 39.0 Å². The summed E-state index contributed by atoms with van der Waals surface area (Å²) in [5.74, 6) is 0.947. The Labute approximate surface area is 119 Å². The maximum absolute atomic E-state index is 12.0. The van der Waals surface area contributed by atoms with E-state index in [4.69, 9.17) is 14.7 Å². The van der Waals surface area contributed by atoms with E-state index in [1.807, 2.05) is 19.9 Å². The zero-order valence-corrected chi connectivity index (χ0v) is 12.1. The molecule has 1 rings (SSSR count). The topological polar surface area (TPSA) is 71.3 Å². The average Bonchev–Trinajstić information content (AvgIpc) is 2.41. The van der Waals surface area contributed by atoms with Gasteiger partial charge in [0.05, 0.1) is 25.7 Å². The van der Waals surface area contributed by atoms with E-state index in [-0.39, 0.29) is 18.4 Å². The molecule has 1 aromatic carbocycles. The summed E-state index contributed by atoms with van der Waals surface area (Å²) in [6.45, 7) is 6.58. The van der Waals surface area contributed by atoms with Crippen molar-refractivity contribution in [2.45, 2.75) is 33.2 Å². The van der Waals surface area contributed by atoms with Crippen LogP contribution in [0.2, 0.25) is 0 Å². The molecule has 1 N–H and O–H groups in total. The average molecular weight is 276 g/mol. The maximum atomic E-state index is 12.0. The van der Waals surface area contributed by atoms with E-state index in [9.17, 15) is 4.79 Å². The number of nitriles is 1. The van der Waals surface area contributed by atoms with Crippen LogP contribution in [0.15, 0.2) is 18.2 Å². The molecule has 0 aliphatic rings. The van der Waals surface area contributed by atoms with E-state index in [0.717, 1.165) is 0 Å².